The highest BCUT2D eigenvalue weighted by molar-refractivity contribution is 5.65. The molecule has 1 aliphatic heterocycles. The van der Waals surface area contributed by atoms with Crippen molar-refractivity contribution in [2.45, 2.75) is 31.9 Å². The number of anilines is 1. The van der Waals surface area contributed by atoms with E-state index in [9.17, 15) is 13.2 Å². The molecule has 1 aromatic carbocycles. The van der Waals surface area contributed by atoms with E-state index in [1.54, 1.807) is 6.07 Å². The maximum Gasteiger partial charge on any atom is 0.416 e. The molecule has 0 fully saturated rings. The molecule has 0 radical (unpaired) electrons. The van der Waals surface area contributed by atoms with Crippen LogP contribution < -0.4 is 4.90 Å². The lowest BCUT2D eigenvalue weighted by molar-refractivity contribution is -0.137. The Morgan fingerprint density at radius 3 is 2.57 bits per heavy atom. The SMILES string of the molecule is CN1CCC(C)(C)c2ccc(-c3cccc(C(F)(F)F)c3)nc21. The largest absolute Gasteiger partial charge is 0.416 e. The van der Waals surface area contributed by atoms with Crippen LogP contribution in [0.15, 0.2) is 36.4 Å². The number of fused-ring (bicyclic) bond motifs is 1. The van der Waals surface area contributed by atoms with Gasteiger partial charge in [0.15, 0.2) is 0 Å². The second-order valence-electron chi connectivity index (χ2n) is 6.70. The number of nitrogens with zero attached hydrogens (tertiary/aromatic N) is 2. The lowest BCUT2D eigenvalue weighted by atomic mass is 9.79. The van der Waals surface area contributed by atoms with E-state index in [0.717, 1.165) is 36.5 Å². The number of hydrogen-bond acceptors (Lipinski definition) is 2. The van der Waals surface area contributed by atoms with Crippen LogP contribution in [0.25, 0.3) is 11.3 Å². The lowest BCUT2D eigenvalue weighted by Crippen LogP contribution is -2.35. The molecule has 122 valence electrons. The summed E-state index contributed by atoms with van der Waals surface area (Å²) in [5.41, 5.74) is 1.57. The van der Waals surface area contributed by atoms with Gasteiger partial charge < -0.3 is 4.90 Å². The van der Waals surface area contributed by atoms with Gasteiger partial charge in [0.25, 0.3) is 0 Å². The number of benzene rings is 1. The van der Waals surface area contributed by atoms with Gasteiger partial charge in [-0.2, -0.15) is 13.2 Å². The molecule has 0 atom stereocenters. The highest BCUT2D eigenvalue weighted by Gasteiger charge is 2.32. The summed E-state index contributed by atoms with van der Waals surface area (Å²) in [6, 6.07) is 9.13. The fraction of sp³-hybridized carbons (Fsp3) is 0.389. The van der Waals surface area contributed by atoms with Crippen LogP contribution in [0.3, 0.4) is 0 Å². The third-order valence-corrected chi connectivity index (χ3v) is 4.52. The first-order chi connectivity index (χ1) is 10.7. The third kappa shape index (κ3) is 2.92. The number of pyridine rings is 1. The summed E-state index contributed by atoms with van der Waals surface area (Å²) in [5.74, 6) is 0.858. The van der Waals surface area contributed by atoms with Crippen LogP contribution in [0.2, 0.25) is 0 Å². The highest BCUT2D eigenvalue weighted by Crippen LogP contribution is 2.39. The summed E-state index contributed by atoms with van der Waals surface area (Å²) in [4.78, 5) is 6.71. The topological polar surface area (TPSA) is 16.1 Å². The minimum Gasteiger partial charge on any atom is -0.359 e. The van der Waals surface area contributed by atoms with Crippen molar-refractivity contribution < 1.29 is 13.2 Å². The molecule has 0 saturated carbocycles. The molecule has 0 bridgehead atoms. The zero-order valence-corrected chi connectivity index (χ0v) is 13.4. The maximum atomic E-state index is 12.9. The summed E-state index contributed by atoms with van der Waals surface area (Å²) >= 11 is 0. The zero-order valence-electron chi connectivity index (χ0n) is 13.4. The Labute approximate surface area is 134 Å². The van der Waals surface area contributed by atoms with Crippen LogP contribution in [0.5, 0.6) is 0 Å². The van der Waals surface area contributed by atoms with Crippen LogP contribution in [-0.4, -0.2) is 18.6 Å². The first kappa shape index (κ1) is 15.8. The van der Waals surface area contributed by atoms with Crippen molar-refractivity contribution in [1.82, 2.24) is 4.98 Å². The van der Waals surface area contributed by atoms with Crippen molar-refractivity contribution in [2.75, 3.05) is 18.5 Å². The van der Waals surface area contributed by atoms with E-state index >= 15 is 0 Å². The fourth-order valence-corrected chi connectivity index (χ4v) is 2.97. The standard InChI is InChI=1S/C18H19F3N2/c1-17(2)9-10-23(3)16-14(17)7-8-15(22-16)12-5-4-6-13(11-12)18(19,20)21/h4-8,11H,9-10H2,1-3H3. The monoisotopic (exact) mass is 320 g/mol. The van der Waals surface area contributed by atoms with E-state index in [1.807, 2.05) is 19.2 Å². The Balaban J connectivity index is 2.08. The van der Waals surface area contributed by atoms with Crippen molar-refractivity contribution in [2.24, 2.45) is 0 Å². The molecule has 1 aromatic heterocycles. The van der Waals surface area contributed by atoms with Gasteiger partial charge in [-0.3, -0.25) is 0 Å². The molecule has 1 aliphatic rings. The van der Waals surface area contributed by atoms with Gasteiger partial charge in [0, 0.05) is 24.7 Å². The van der Waals surface area contributed by atoms with Crippen molar-refractivity contribution in [3.05, 3.63) is 47.5 Å². The van der Waals surface area contributed by atoms with E-state index in [0.29, 0.717) is 11.3 Å². The quantitative estimate of drug-likeness (QED) is 0.744. The Bertz CT molecular complexity index is 735. The molecule has 0 aliphatic carbocycles. The van der Waals surface area contributed by atoms with Crippen LogP contribution in [0.1, 0.15) is 31.4 Å². The molecule has 0 unspecified atom stereocenters. The summed E-state index contributed by atoms with van der Waals surface area (Å²) in [6.45, 7) is 5.23. The molecule has 3 rings (SSSR count). The Morgan fingerprint density at radius 1 is 1.13 bits per heavy atom. The van der Waals surface area contributed by atoms with Gasteiger partial charge in [-0.15, -0.1) is 0 Å². The van der Waals surface area contributed by atoms with Crippen LogP contribution in [0.4, 0.5) is 19.0 Å². The smallest absolute Gasteiger partial charge is 0.359 e. The molecule has 5 heteroatoms. The van der Waals surface area contributed by atoms with Crippen molar-refractivity contribution in [3.8, 4) is 11.3 Å². The second kappa shape index (κ2) is 5.25. The van der Waals surface area contributed by atoms with Crippen molar-refractivity contribution >= 4 is 5.82 Å². The number of rotatable bonds is 1. The average molecular weight is 320 g/mol. The Kier molecular flexibility index (Phi) is 3.62. The first-order valence-electron chi connectivity index (χ1n) is 7.59. The fourth-order valence-electron chi connectivity index (χ4n) is 2.97. The second-order valence-corrected chi connectivity index (χ2v) is 6.70. The van der Waals surface area contributed by atoms with E-state index in [4.69, 9.17) is 0 Å². The van der Waals surface area contributed by atoms with E-state index in [2.05, 4.69) is 23.7 Å². The minimum absolute atomic E-state index is 0.0290. The molecular weight excluding hydrogens is 301 g/mol. The molecule has 2 aromatic rings. The van der Waals surface area contributed by atoms with E-state index < -0.39 is 11.7 Å². The number of aromatic nitrogens is 1. The van der Waals surface area contributed by atoms with E-state index in [-0.39, 0.29) is 5.41 Å². The molecule has 23 heavy (non-hydrogen) atoms. The molecule has 0 amide bonds. The maximum absolute atomic E-state index is 12.9. The molecule has 2 nitrogen and oxygen atoms in total. The average Bonchev–Trinajstić information content (AvgIpc) is 2.50. The summed E-state index contributed by atoms with van der Waals surface area (Å²) in [5, 5.41) is 0. The number of halogens is 3. The van der Waals surface area contributed by atoms with Gasteiger partial charge in [-0.25, -0.2) is 4.98 Å². The van der Waals surface area contributed by atoms with Gasteiger partial charge >= 0.3 is 6.18 Å². The van der Waals surface area contributed by atoms with Crippen molar-refractivity contribution in [1.29, 1.82) is 0 Å². The minimum atomic E-state index is -4.34. The number of alkyl halides is 3. The molecule has 0 N–H and O–H groups in total. The molecule has 2 heterocycles. The summed E-state index contributed by atoms with van der Waals surface area (Å²) in [7, 11) is 1.97. The van der Waals surface area contributed by atoms with Gasteiger partial charge in [-0.05, 0) is 30.0 Å². The number of hydrogen-bond donors (Lipinski definition) is 0. The Hall–Kier alpha value is -2.04. The molecule has 0 saturated heterocycles. The van der Waals surface area contributed by atoms with Crippen molar-refractivity contribution in [3.63, 3.8) is 0 Å². The van der Waals surface area contributed by atoms with Gasteiger partial charge in [0.2, 0.25) is 0 Å². The van der Waals surface area contributed by atoms with E-state index in [1.165, 1.54) is 6.07 Å². The van der Waals surface area contributed by atoms with Gasteiger partial charge in [-0.1, -0.05) is 32.0 Å². The molecular formula is C18H19F3N2. The lowest BCUT2D eigenvalue weighted by Gasteiger charge is -2.37. The Morgan fingerprint density at radius 2 is 1.87 bits per heavy atom. The highest BCUT2D eigenvalue weighted by atomic mass is 19.4. The van der Waals surface area contributed by atoms with Gasteiger partial charge in [0.1, 0.15) is 5.82 Å². The predicted molar refractivity (Wildman–Crippen MR) is 85.6 cm³/mol. The van der Waals surface area contributed by atoms with Crippen LogP contribution in [-0.2, 0) is 11.6 Å². The summed E-state index contributed by atoms with van der Waals surface area (Å²) < 4.78 is 38.7. The first-order valence-corrected chi connectivity index (χ1v) is 7.59. The third-order valence-electron chi connectivity index (χ3n) is 4.52. The van der Waals surface area contributed by atoms with Crippen LogP contribution >= 0.6 is 0 Å². The normalized spacial score (nSPS) is 17.0. The molecule has 0 spiro atoms. The summed E-state index contributed by atoms with van der Waals surface area (Å²) in [6.07, 6.45) is -3.32. The van der Waals surface area contributed by atoms with Gasteiger partial charge in [0.05, 0.1) is 11.3 Å². The zero-order chi connectivity index (χ0) is 16.8. The predicted octanol–water partition coefficient (Wildman–Crippen LogP) is 4.88. The van der Waals surface area contributed by atoms with Crippen LogP contribution in [0, 0.1) is 0 Å².